The minimum atomic E-state index is 0.0557. The van der Waals surface area contributed by atoms with Crippen molar-refractivity contribution < 1.29 is 4.79 Å². The molecule has 1 atom stereocenters. The average molecular weight is 329 g/mol. The maximum Gasteiger partial charge on any atom is 0.237 e. The van der Waals surface area contributed by atoms with Gasteiger partial charge >= 0.3 is 0 Å². The summed E-state index contributed by atoms with van der Waals surface area (Å²) in [5, 5.41) is 3.17. The number of hydrogen-bond donors (Lipinski definition) is 1. The Labute approximate surface area is 146 Å². The van der Waals surface area contributed by atoms with Gasteiger partial charge in [-0.15, -0.1) is 0 Å². The second-order valence-electron chi connectivity index (χ2n) is 7.16. The summed E-state index contributed by atoms with van der Waals surface area (Å²) < 4.78 is 0. The fourth-order valence-electron chi connectivity index (χ4n) is 3.95. The summed E-state index contributed by atoms with van der Waals surface area (Å²) in [5.74, 6) is 0.224. The molecule has 3 rings (SSSR count). The maximum atomic E-state index is 12.5. The van der Waals surface area contributed by atoms with Gasteiger partial charge in [-0.05, 0) is 63.8 Å². The molecule has 132 valence electrons. The average Bonchev–Trinajstić information content (AvgIpc) is 3.08. The standard InChI is InChI=1S/C20H31N3O/c24-20(21-12-8-15-22-13-5-2-6-14-22)19-11-7-16-23(19)17-18-9-3-1-4-10-18/h1,3-4,9-10,19H,2,5-8,11-17H2,(H,21,24)/t19-/m0/s1. The number of likely N-dealkylation sites (tertiary alicyclic amines) is 2. The molecule has 0 radical (unpaired) electrons. The van der Waals surface area contributed by atoms with Crippen LogP contribution in [0.4, 0.5) is 0 Å². The van der Waals surface area contributed by atoms with E-state index in [2.05, 4.69) is 39.4 Å². The molecule has 2 saturated heterocycles. The van der Waals surface area contributed by atoms with Crippen molar-refractivity contribution in [3.05, 3.63) is 35.9 Å². The minimum Gasteiger partial charge on any atom is -0.355 e. The lowest BCUT2D eigenvalue weighted by molar-refractivity contribution is -0.125. The third kappa shape index (κ3) is 5.05. The Morgan fingerprint density at radius 2 is 1.83 bits per heavy atom. The van der Waals surface area contributed by atoms with Gasteiger partial charge in [-0.1, -0.05) is 36.8 Å². The lowest BCUT2D eigenvalue weighted by Crippen LogP contribution is -2.43. The zero-order chi connectivity index (χ0) is 16.6. The van der Waals surface area contributed by atoms with Crippen LogP contribution in [0, 0.1) is 0 Å². The largest absolute Gasteiger partial charge is 0.355 e. The van der Waals surface area contributed by atoms with Gasteiger partial charge in [0, 0.05) is 13.1 Å². The second kappa shape index (κ2) is 9.19. The summed E-state index contributed by atoms with van der Waals surface area (Å²) in [6.45, 7) is 6.32. The number of carbonyl (C=O) groups is 1. The number of piperidine rings is 1. The van der Waals surface area contributed by atoms with Gasteiger partial charge in [0.25, 0.3) is 0 Å². The molecule has 1 amide bonds. The molecule has 0 aromatic heterocycles. The van der Waals surface area contributed by atoms with Crippen molar-refractivity contribution in [3.63, 3.8) is 0 Å². The third-order valence-electron chi connectivity index (χ3n) is 5.29. The molecule has 0 aliphatic carbocycles. The molecule has 0 unspecified atom stereocenters. The molecule has 1 aromatic rings. The first-order chi connectivity index (χ1) is 11.8. The van der Waals surface area contributed by atoms with Crippen LogP contribution in [-0.2, 0) is 11.3 Å². The molecular formula is C20H31N3O. The van der Waals surface area contributed by atoms with E-state index >= 15 is 0 Å². The van der Waals surface area contributed by atoms with Crippen molar-refractivity contribution in [2.45, 2.75) is 51.1 Å². The lowest BCUT2D eigenvalue weighted by Gasteiger charge is -2.27. The van der Waals surface area contributed by atoms with E-state index in [0.717, 1.165) is 45.4 Å². The van der Waals surface area contributed by atoms with Crippen LogP contribution in [0.15, 0.2) is 30.3 Å². The molecule has 24 heavy (non-hydrogen) atoms. The molecule has 1 N–H and O–H groups in total. The van der Waals surface area contributed by atoms with Gasteiger partial charge in [-0.25, -0.2) is 0 Å². The molecular weight excluding hydrogens is 298 g/mol. The predicted octanol–water partition coefficient (Wildman–Crippen LogP) is 2.64. The van der Waals surface area contributed by atoms with Crippen LogP contribution in [0.2, 0.25) is 0 Å². The Balaban J connectivity index is 1.38. The highest BCUT2D eigenvalue weighted by molar-refractivity contribution is 5.82. The Kier molecular flexibility index (Phi) is 6.67. The first-order valence-electron chi connectivity index (χ1n) is 9.61. The zero-order valence-electron chi connectivity index (χ0n) is 14.8. The highest BCUT2D eigenvalue weighted by Gasteiger charge is 2.30. The number of nitrogens with one attached hydrogen (secondary N) is 1. The Morgan fingerprint density at radius 3 is 2.62 bits per heavy atom. The summed E-state index contributed by atoms with van der Waals surface area (Å²) in [7, 11) is 0. The van der Waals surface area contributed by atoms with Gasteiger partial charge in [0.2, 0.25) is 5.91 Å². The smallest absolute Gasteiger partial charge is 0.237 e. The highest BCUT2D eigenvalue weighted by atomic mass is 16.2. The first kappa shape index (κ1) is 17.4. The van der Waals surface area contributed by atoms with Gasteiger partial charge in [-0.2, -0.15) is 0 Å². The molecule has 2 aliphatic heterocycles. The second-order valence-corrected chi connectivity index (χ2v) is 7.16. The Bertz CT molecular complexity index is 499. The molecule has 2 aliphatic rings. The van der Waals surface area contributed by atoms with E-state index in [1.54, 1.807) is 0 Å². The van der Waals surface area contributed by atoms with Crippen LogP contribution < -0.4 is 5.32 Å². The molecule has 0 spiro atoms. The summed E-state index contributed by atoms with van der Waals surface area (Å²) in [6, 6.07) is 10.5. The number of hydrogen-bond acceptors (Lipinski definition) is 3. The number of nitrogens with zero attached hydrogens (tertiary/aromatic N) is 2. The normalized spacial score (nSPS) is 22.6. The van der Waals surface area contributed by atoms with Gasteiger partial charge in [0.05, 0.1) is 6.04 Å². The Morgan fingerprint density at radius 1 is 1.04 bits per heavy atom. The van der Waals surface area contributed by atoms with Crippen LogP contribution in [-0.4, -0.2) is 54.5 Å². The summed E-state index contributed by atoms with van der Waals surface area (Å²) in [4.78, 5) is 17.4. The molecule has 4 nitrogen and oxygen atoms in total. The van der Waals surface area contributed by atoms with Gasteiger partial charge in [0.1, 0.15) is 0 Å². The van der Waals surface area contributed by atoms with E-state index < -0.39 is 0 Å². The van der Waals surface area contributed by atoms with Crippen molar-refractivity contribution >= 4 is 5.91 Å². The molecule has 4 heteroatoms. The number of rotatable bonds is 7. The monoisotopic (exact) mass is 329 g/mol. The van der Waals surface area contributed by atoms with Crippen molar-refractivity contribution in [3.8, 4) is 0 Å². The first-order valence-corrected chi connectivity index (χ1v) is 9.61. The summed E-state index contributed by atoms with van der Waals surface area (Å²) in [6.07, 6.45) is 7.23. The topological polar surface area (TPSA) is 35.6 Å². The minimum absolute atomic E-state index is 0.0557. The number of amides is 1. The molecule has 0 saturated carbocycles. The van der Waals surface area contributed by atoms with Crippen molar-refractivity contribution in [1.29, 1.82) is 0 Å². The molecule has 0 bridgehead atoms. The summed E-state index contributed by atoms with van der Waals surface area (Å²) >= 11 is 0. The summed E-state index contributed by atoms with van der Waals surface area (Å²) in [5.41, 5.74) is 1.29. The molecule has 1 aromatic carbocycles. The molecule has 2 heterocycles. The van der Waals surface area contributed by atoms with Crippen LogP contribution >= 0.6 is 0 Å². The van der Waals surface area contributed by atoms with Crippen molar-refractivity contribution in [1.82, 2.24) is 15.1 Å². The van der Waals surface area contributed by atoms with E-state index in [9.17, 15) is 4.79 Å². The fraction of sp³-hybridized carbons (Fsp3) is 0.650. The van der Waals surface area contributed by atoms with Crippen LogP contribution in [0.25, 0.3) is 0 Å². The number of benzene rings is 1. The van der Waals surface area contributed by atoms with E-state index in [4.69, 9.17) is 0 Å². The quantitative estimate of drug-likeness (QED) is 0.781. The van der Waals surface area contributed by atoms with Crippen LogP contribution in [0.3, 0.4) is 0 Å². The van der Waals surface area contributed by atoms with E-state index in [1.165, 1.54) is 37.9 Å². The zero-order valence-corrected chi connectivity index (χ0v) is 14.8. The van der Waals surface area contributed by atoms with Crippen LogP contribution in [0.5, 0.6) is 0 Å². The SMILES string of the molecule is O=C(NCCCN1CCCCC1)[C@@H]1CCCN1Cc1ccccc1. The lowest BCUT2D eigenvalue weighted by atomic mass is 10.1. The maximum absolute atomic E-state index is 12.5. The number of carbonyl (C=O) groups excluding carboxylic acids is 1. The third-order valence-corrected chi connectivity index (χ3v) is 5.29. The predicted molar refractivity (Wildman–Crippen MR) is 97.8 cm³/mol. The highest BCUT2D eigenvalue weighted by Crippen LogP contribution is 2.20. The van der Waals surface area contributed by atoms with E-state index in [1.807, 2.05) is 6.07 Å². The fourth-order valence-corrected chi connectivity index (χ4v) is 3.95. The molecule has 2 fully saturated rings. The van der Waals surface area contributed by atoms with Crippen LogP contribution in [0.1, 0.15) is 44.1 Å². The van der Waals surface area contributed by atoms with Gasteiger partial charge < -0.3 is 10.2 Å². The Hall–Kier alpha value is -1.39. The van der Waals surface area contributed by atoms with Crippen molar-refractivity contribution in [2.24, 2.45) is 0 Å². The van der Waals surface area contributed by atoms with Gasteiger partial charge in [-0.3, -0.25) is 9.69 Å². The van der Waals surface area contributed by atoms with Gasteiger partial charge in [0.15, 0.2) is 0 Å². The van der Waals surface area contributed by atoms with E-state index in [-0.39, 0.29) is 11.9 Å². The van der Waals surface area contributed by atoms with Crippen molar-refractivity contribution in [2.75, 3.05) is 32.7 Å². The van der Waals surface area contributed by atoms with E-state index in [0.29, 0.717) is 0 Å².